The maximum atomic E-state index is 14.2. The average Bonchev–Trinajstić information content (AvgIpc) is 2.91. The van der Waals surface area contributed by atoms with Crippen molar-refractivity contribution in [1.82, 2.24) is 14.9 Å². The summed E-state index contributed by atoms with van der Waals surface area (Å²) in [6, 6.07) is 12.9. The minimum absolute atomic E-state index is 0.0884. The van der Waals surface area contributed by atoms with Gasteiger partial charge < -0.3 is 14.4 Å². The smallest absolute Gasteiger partial charge is 0.308 e. The highest BCUT2D eigenvalue weighted by Crippen LogP contribution is 2.38. The highest BCUT2D eigenvalue weighted by molar-refractivity contribution is 7.92. The molecule has 0 radical (unpaired) electrons. The molecule has 43 heavy (non-hydrogen) atoms. The fourth-order valence-electron chi connectivity index (χ4n) is 5.95. The molecule has 228 valence electrons. The number of aromatic nitrogens is 2. The average molecular weight is 607 g/mol. The number of anilines is 1. The summed E-state index contributed by atoms with van der Waals surface area (Å²) in [6.07, 6.45) is 1.50. The SMILES string of the molecule is COC(=O)C1CC(N2C(=O)c3cccc(c3)S(=O)(=O)Nc3nc(cc(-c4c(C)cccc4C)n3)OC[C@H]2CC(C)(C)C)C1. The number of rotatable bonds is 4. The fraction of sp³-hybridized carbons (Fsp3) is 0.438. The van der Waals surface area contributed by atoms with Crippen molar-refractivity contribution >= 4 is 27.8 Å². The molecule has 4 bridgehead atoms. The van der Waals surface area contributed by atoms with Crippen molar-refractivity contribution in [2.75, 3.05) is 18.4 Å². The predicted molar refractivity (Wildman–Crippen MR) is 162 cm³/mol. The van der Waals surface area contributed by atoms with E-state index >= 15 is 0 Å². The number of amides is 1. The number of esters is 1. The van der Waals surface area contributed by atoms with Crippen LogP contribution < -0.4 is 9.46 Å². The van der Waals surface area contributed by atoms with Gasteiger partial charge in [-0.3, -0.25) is 9.59 Å². The second-order valence-corrected chi connectivity index (χ2v) is 14.3. The van der Waals surface area contributed by atoms with Gasteiger partial charge in [0.2, 0.25) is 11.8 Å². The Balaban J connectivity index is 1.65. The molecule has 1 aromatic heterocycles. The van der Waals surface area contributed by atoms with Gasteiger partial charge in [-0.05, 0) is 67.9 Å². The number of aryl methyl sites for hydroxylation is 2. The van der Waals surface area contributed by atoms with Gasteiger partial charge in [-0.1, -0.05) is 45.0 Å². The number of nitrogens with one attached hydrogen (secondary N) is 1. The van der Waals surface area contributed by atoms with Gasteiger partial charge in [0.15, 0.2) is 0 Å². The lowest BCUT2D eigenvalue weighted by Gasteiger charge is -2.46. The molecule has 1 atom stereocenters. The molecular formula is C32H38N4O6S. The van der Waals surface area contributed by atoms with Crippen molar-refractivity contribution in [3.05, 3.63) is 65.2 Å². The number of benzene rings is 2. The molecule has 2 heterocycles. The van der Waals surface area contributed by atoms with Crippen LogP contribution in [0.15, 0.2) is 53.4 Å². The third kappa shape index (κ3) is 6.51. The quantitative estimate of drug-likeness (QED) is 0.404. The number of hydrogen-bond donors (Lipinski definition) is 1. The highest BCUT2D eigenvalue weighted by Gasteiger charge is 2.44. The van der Waals surface area contributed by atoms with Gasteiger partial charge in [0.25, 0.3) is 15.9 Å². The van der Waals surface area contributed by atoms with Gasteiger partial charge in [-0.2, -0.15) is 4.98 Å². The van der Waals surface area contributed by atoms with E-state index in [-0.39, 0.29) is 58.1 Å². The van der Waals surface area contributed by atoms with Crippen molar-refractivity contribution in [3.63, 3.8) is 0 Å². The molecule has 1 aliphatic carbocycles. The topological polar surface area (TPSA) is 128 Å². The van der Waals surface area contributed by atoms with E-state index in [1.54, 1.807) is 23.1 Å². The molecule has 1 aliphatic heterocycles. The third-order valence-electron chi connectivity index (χ3n) is 8.00. The van der Waals surface area contributed by atoms with Crippen LogP contribution in [0.25, 0.3) is 11.3 Å². The Hall–Kier alpha value is -3.99. The molecule has 0 unspecified atom stereocenters. The first-order valence-electron chi connectivity index (χ1n) is 14.4. The Morgan fingerprint density at radius 1 is 1.07 bits per heavy atom. The Morgan fingerprint density at radius 2 is 1.74 bits per heavy atom. The van der Waals surface area contributed by atoms with Crippen LogP contribution in [0.5, 0.6) is 5.88 Å². The molecule has 1 N–H and O–H groups in total. The van der Waals surface area contributed by atoms with Crippen molar-refractivity contribution in [2.24, 2.45) is 11.3 Å². The Labute approximate surface area is 252 Å². The lowest BCUT2D eigenvalue weighted by Crippen LogP contribution is -2.56. The van der Waals surface area contributed by atoms with Crippen LogP contribution >= 0.6 is 0 Å². The van der Waals surface area contributed by atoms with Gasteiger partial charge in [0, 0.05) is 23.2 Å². The van der Waals surface area contributed by atoms with Gasteiger partial charge in [0.1, 0.15) is 6.61 Å². The van der Waals surface area contributed by atoms with Crippen LogP contribution in [0.3, 0.4) is 0 Å². The summed E-state index contributed by atoms with van der Waals surface area (Å²) in [5.74, 6) is -0.871. The number of nitrogens with zero attached hydrogens (tertiary/aromatic N) is 3. The van der Waals surface area contributed by atoms with E-state index in [4.69, 9.17) is 9.47 Å². The lowest BCUT2D eigenvalue weighted by molar-refractivity contribution is -0.151. The second kappa shape index (κ2) is 11.6. The Kier molecular flexibility index (Phi) is 8.22. The van der Waals surface area contributed by atoms with Crippen LogP contribution in [0.1, 0.15) is 61.5 Å². The van der Waals surface area contributed by atoms with Crippen molar-refractivity contribution in [3.8, 4) is 17.1 Å². The second-order valence-electron chi connectivity index (χ2n) is 12.6. The standard InChI is InChI=1S/C32H38N4O6S/c1-19-9-7-10-20(2)28(19)26-16-27-34-31(33-26)35-43(39,40)25-12-8-11-21(15-25)29(37)36(23-13-22(14-23)30(38)41-6)24(18-42-27)17-32(3,4)5/h7-12,15-16,22-24H,13-14,17-18H2,1-6H3,(H,33,34,35)/t22?,23?,24-/m1/s1. The van der Waals surface area contributed by atoms with E-state index in [9.17, 15) is 18.0 Å². The monoisotopic (exact) mass is 606 g/mol. The molecule has 2 aromatic carbocycles. The van der Waals surface area contributed by atoms with Gasteiger partial charge in [-0.15, -0.1) is 0 Å². The van der Waals surface area contributed by atoms with Gasteiger partial charge >= 0.3 is 5.97 Å². The van der Waals surface area contributed by atoms with Crippen LogP contribution in [0, 0.1) is 25.2 Å². The first-order valence-corrected chi connectivity index (χ1v) is 15.9. The minimum Gasteiger partial charge on any atom is -0.475 e. The number of carbonyl (C=O) groups is 2. The molecule has 10 nitrogen and oxygen atoms in total. The third-order valence-corrected chi connectivity index (χ3v) is 9.32. The molecule has 11 heteroatoms. The summed E-state index contributed by atoms with van der Waals surface area (Å²) in [5.41, 5.74) is 3.36. The lowest BCUT2D eigenvalue weighted by atomic mass is 9.77. The molecule has 1 saturated carbocycles. The zero-order chi connectivity index (χ0) is 31.1. The van der Waals surface area contributed by atoms with E-state index in [0.29, 0.717) is 25.0 Å². The van der Waals surface area contributed by atoms with Gasteiger partial charge in [-0.25, -0.2) is 18.1 Å². The minimum atomic E-state index is -4.16. The Morgan fingerprint density at radius 3 is 2.40 bits per heavy atom. The molecule has 2 aliphatic rings. The molecule has 0 saturated heterocycles. The van der Waals surface area contributed by atoms with E-state index in [1.807, 2.05) is 32.0 Å². The maximum absolute atomic E-state index is 14.2. The van der Waals surface area contributed by atoms with Crippen LogP contribution in [0.4, 0.5) is 5.95 Å². The number of ether oxygens (including phenoxy) is 2. The summed E-state index contributed by atoms with van der Waals surface area (Å²) in [7, 11) is -2.80. The largest absolute Gasteiger partial charge is 0.475 e. The summed E-state index contributed by atoms with van der Waals surface area (Å²) >= 11 is 0. The first-order chi connectivity index (χ1) is 20.3. The molecule has 5 rings (SSSR count). The van der Waals surface area contributed by atoms with Gasteiger partial charge in [0.05, 0.1) is 29.7 Å². The molecule has 0 spiro atoms. The molecule has 1 amide bonds. The summed E-state index contributed by atoms with van der Waals surface area (Å²) < 4.78 is 40.8. The van der Waals surface area contributed by atoms with E-state index in [0.717, 1.165) is 16.7 Å². The molecule has 3 aromatic rings. The number of hydrogen-bond acceptors (Lipinski definition) is 8. The summed E-state index contributed by atoms with van der Waals surface area (Å²) in [4.78, 5) is 37.1. The van der Waals surface area contributed by atoms with Crippen molar-refractivity contribution in [2.45, 2.75) is 70.9 Å². The number of carbonyl (C=O) groups excluding carboxylic acids is 2. The van der Waals surface area contributed by atoms with E-state index in [2.05, 4.69) is 35.5 Å². The fourth-order valence-corrected chi connectivity index (χ4v) is 6.93. The van der Waals surface area contributed by atoms with E-state index in [1.165, 1.54) is 19.2 Å². The molecular weight excluding hydrogens is 568 g/mol. The van der Waals surface area contributed by atoms with Crippen LogP contribution in [0.2, 0.25) is 0 Å². The summed E-state index contributed by atoms with van der Waals surface area (Å²) in [6.45, 7) is 10.3. The normalized spacial score (nSPS) is 21.7. The first kappa shape index (κ1) is 30.5. The predicted octanol–water partition coefficient (Wildman–Crippen LogP) is 5.15. The van der Waals surface area contributed by atoms with Crippen LogP contribution in [-0.2, 0) is 19.6 Å². The Bertz CT molecular complexity index is 1640. The van der Waals surface area contributed by atoms with E-state index < -0.39 is 16.1 Å². The molecule has 1 fully saturated rings. The number of fused-ring (bicyclic) bond motifs is 4. The number of methoxy groups -OCH3 is 1. The maximum Gasteiger partial charge on any atom is 0.308 e. The summed E-state index contributed by atoms with van der Waals surface area (Å²) in [5, 5.41) is 0. The zero-order valence-corrected chi connectivity index (χ0v) is 26.2. The van der Waals surface area contributed by atoms with Crippen molar-refractivity contribution < 1.29 is 27.5 Å². The number of sulfonamides is 1. The van der Waals surface area contributed by atoms with Crippen molar-refractivity contribution in [1.29, 1.82) is 0 Å². The highest BCUT2D eigenvalue weighted by atomic mass is 32.2. The van der Waals surface area contributed by atoms with Crippen LogP contribution in [-0.4, -0.2) is 61.0 Å². The zero-order valence-electron chi connectivity index (χ0n) is 25.4.